The van der Waals surface area contributed by atoms with Crippen LogP contribution in [0, 0.1) is 5.82 Å². The van der Waals surface area contributed by atoms with Crippen molar-refractivity contribution in [3.05, 3.63) is 92.9 Å². The van der Waals surface area contributed by atoms with Crippen LogP contribution in [0.4, 0.5) is 4.39 Å². The number of imidazole rings is 1. The standard InChI is InChI=1S/C27H23ClFN3O4/c28-19-1-4-23-24(14-19)31(21-2-3-22(30-15-21)16-5-9-36-10-6-16)26(35)32(23)27(7-8-27)18-11-17(25(33)34)12-20(29)13-18/h1-4,11-16H,5-10H2,(H,33,34). The van der Waals surface area contributed by atoms with Crippen molar-refractivity contribution < 1.29 is 19.0 Å². The molecule has 2 aliphatic rings. The van der Waals surface area contributed by atoms with Gasteiger partial charge in [-0.05, 0) is 79.8 Å². The third-order valence-electron chi connectivity index (χ3n) is 7.30. The molecule has 0 radical (unpaired) electrons. The van der Waals surface area contributed by atoms with Gasteiger partial charge in [-0.1, -0.05) is 11.6 Å². The Balaban J connectivity index is 1.51. The maximum absolute atomic E-state index is 14.4. The van der Waals surface area contributed by atoms with E-state index in [1.54, 1.807) is 33.5 Å². The van der Waals surface area contributed by atoms with Crippen molar-refractivity contribution in [2.24, 2.45) is 0 Å². The highest BCUT2D eigenvalue weighted by Crippen LogP contribution is 2.50. The monoisotopic (exact) mass is 507 g/mol. The molecule has 2 fully saturated rings. The van der Waals surface area contributed by atoms with Crippen LogP contribution < -0.4 is 5.69 Å². The summed E-state index contributed by atoms with van der Waals surface area (Å²) in [6.45, 7) is 1.43. The van der Waals surface area contributed by atoms with Gasteiger partial charge in [-0.25, -0.2) is 14.0 Å². The average molecular weight is 508 g/mol. The van der Waals surface area contributed by atoms with E-state index in [9.17, 15) is 19.1 Å². The third-order valence-corrected chi connectivity index (χ3v) is 7.54. The van der Waals surface area contributed by atoms with E-state index in [-0.39, 0.29) is 11.3 Å². The largest absolute Gasteiger partial charge is 0.478 e. The summed E-state index contributed by atoms with van der Waals surface area (Å²) in [7, 11) is 0. The molecule has 4 aromatic rings. The lowest BCUT2D eigenvalue weighted by Gasteiger charge is -2.21. The summed E-state index contributed by atoms with van der Waals surface area (Å²) < 4.78 is 23.1. The van der Waals surface area contributed by atoms with E-state index in [4.69, 9.17) is 16.3 Å². The third kappa shape index (κ3) is 3.72. The van der Waals surface area contributed by atoms with E-state index < -0.39 is 17.3 Å². The lowest BCUT2D eigenvalue weighted by Crippen LogP contribution is -2.32. The molecule has 1 saturated heterocycles. The van der Waals surface area contributed by atoms with Crippen molar-refractivity contribution in [2.45, 2.75) is 37.1 Å². The van der Waals surface area contributed by atoms with Gasteiger partial charge in [0.1, 0.15) is 5.82 Å². The van der Waals surface area contributed by atoms with E-state index in [0.717, 1.165) is 24.6 Å². The summed E-state index contributed by atoms with van der Waals surface area (Å²) >= 11 is 6.32. The van der Waals surface area contributed by atoms with Gasteiger partial charge in [0.05, 0.1) is 34.0 Å². The average Bonchev–Trinajstić information content (AvgIpc) is 3.62. The Kier molecular flexibility index (Phi) is 5.46. The second kappa shape index (κ2) is 8.57. The second-order valence-electron chi connectivity index (χ2n) is 9.48. The number of hydrogen-bond donors (Lipinski definition) is 1. The molecular formula is C27H23ClFN3O4. The van der Waals surface area contributed by atoms with E-state index >= 15 is 0 Å². The van der Waals surface area contributed by atoms with Crippen LogP contribution in [0.1, 0.15) is 53.2 Å². The maximum Gasteiger partial charge on any atom is 0.335 e. The first-order valence-electron chi connectivity index (χ1n) is 11.9. The predicted molar refractivity (Wildman–Crippen MR) is 133 cm³/mol. The Hall–Kier alpha value is -3.49. The zero-order valence-corrected chi connectivity index (χ0v) is 20.0. The number of carboxylic acids is 1. The highest BCUT2D eigenvalue weighted by atomic mass is 35.5. The number of fused-ring (bicyclic) bond motifs is 1. The lowest BCUT2D eigenvalue weighted by atomic mass is 9.96. The molecule has 1 aliphatic carbocycles. The number of benzene rings is 2. The van der Waals surface area contributed by atoms with Crippen LogP contribution in [0.15, 0.2) is 59.5 Å². The Morgan fingerprint density at radius 3 is 2.53 bits per heavy atom. The fourth-order valence-corrected chi connectivity index (χ4v) is 5.51. The molecule has 0 amide bonds. The Bertz CT molecular complexity index is 1550. The van der Waals surface area contributed by atoms with Gasteiger partial charge in [-0.2, -0.15) is 0 Å². The van der Waals surface area contributed by atoms with Crippen LogP contribution in [0.5, 0.6) is 0 Å². The van der Waals surface area contributed by atoms with Crippen molar-refractivity contribution >= 4 is 28.6 Å². The Morgan fingerprint density at radius 1 is 1.08 bits per heavy atom. The van der Waals surface area contributed by atoms with Crippen molar-refractivity contribution in [3.8, 4) is 5.69 Å². The molecule has 0 unspecified atom stereocenters. The summed E-state index contributed by atoms with van der Waals surface area (Å²) in [5.41, 5.74) is 1.97. The molecule has 7 nitrogen and oxygen atoms in total. The Morgan fingerprint density at radius 2 is 1.86 bits per heavy atom. The van der Waals surface area contributed by atoms with Gasteiger partial charge in [0.15, 0.2) is 0 Å². The molecule has 1 saturated carbocycles. The number of aromatic nitrogens is 3. The molecule has 1 aliphatic heterocycles. The van der Waals surface area contributed by atoms with Crippen LogP contribution in [-0.2, 0) is 10.3 Å². The van der Waals surface area contributed by atoms with Gasteiger partial charge in [0.2, 0.25) is 0 Å². The van der Waals surface area contributed by atoms with Crippen molar-refractivity contribution in [2.75, 3.05) is 13.2 Å². The van der Waals surface area contributed by atoms with Gasteiger partial charge in [-0.15, -0.1) is 0 Å². The molecule has 36 heavy (non-hydrogen) atoms. The first kappa shape index (κ1) is 22.9. The first-order valence-corrected chi connectivity index (χ1v) is 12.3. The van der Waals surface area contributed by atoms with E-state index in [1.807, 2.05) is 12.1 Å². The summed E-state index contributed by atoms with van der Waals surface area (Å²) in [6, 6.07) is 12.8. The predicted octanol–water partition coefficient (Wildman–Crippen LogP) is 5.11. The molecule has 0 bridgehead atoms. The van der Waals surface area contributed by atoms with E-state index in [1.165, 1.54) is 12.1 Å². The normalized spacial score (nSPS) is 17.4. The fraction of sp³-hybridized carbons (Fsp3) is 0.296. The number of carboxylic acid groups (broad SMARTS) is 1. The highest BCUT2D eigenvalue weighted by molar-refractivity contribution is 6.31. The van der Waals surface area contributed by atoms with Gasteiger partial charge in [0, 0.05) is 29.8 Å². The number of carbonyl (C=O) groups is 1. The zero-order chi connectivity index (χ0) is 25.0. The summed E-state index contributed by atoms with van der Waals surface area (Å²) in [5.74, 6) is -1.54. The molecule has 3 heterocycles. The molecule has 9 heteroatoms. The smallest absolute Gasteiger partial charge is 0.335 e. The number of ether oxygens (including phenoxy) is 1. The maximum atomic E-state index is 14.4. The number of rotatable bonds is 5. The molecule has 2 aromatic heterocycles. The molecule has 2 aromatic carbocycles. The second-order valence-corrected chi connectivity index (χ2v) is 9.92. The molecule has 184 valence electrons. The van der Waals surface area contributed by atoms with Crippen molar-refractivity contribution in [1.82, 2.24) is 14.1 Å². The zero-order valence-electron chi connectivity index (χ0n) is 19.3. The van der Waals surface area contributed by atoms with Crippen LogP contribution in [0.2, 0.25) is 5.02 Å². The minimum atomic E-state index is -1.22. The summed E-state index contributed by atoms with van der Waals surface area (Å²) in [6.07, 6.45) is 4.68. The van der Waals surface area contributed by atoms with Crippen molar-refractivity contribution in [1.29, 1.82) is 0 Å². The van der Waals surface area contributed by atoms with Crippen LogP contribution in [0.25, 0.3) is 16.7 Å². The molecular weight excluding hydrogens is 485 g/mol. The van der Waals surface area contributed by atoms with Crippen molar-refractivity contribution in [3.63, 3.8) is 0 Å². The van der Waals surface area contributed by atoms with Gasteiger partial charge >= 0.3 is 11.7 Å². The summed E-state index contributed by atoms with van der Waals surface area (Å²) in [5, 5.41) is 9.92. The van der Waals surface area contributed by atoms with Crippen LogP contribution in [0.3, 0.4) is 0 Å². The van der Waals surface area contributed by atoms with Crippen LogP contribution >= 0.6 is 11.6 Å². The summed E-state index contributed by atoms with van der Waals surface area (Å²) in [4.78, 5) is 30.2. The number of nitrogens with zero attached hydrogens (tertiary/aromatic N) is 3. The molecule has 0 atom stereocenters. The Labute approximate surface area is 210 Å². The fourth-order valence-electron chi connectivity index (χ4n) is 5.34. The minimum Gasteiger partial charge on any atom is -0.478 e. The van der Waals surface area contributed by atoms with Gasteiger partial charge in [0.25, 0.3) is 0 Å². The molecule has 0 spiro atoms. The number of aromatic carboxylic acids is 1. The van der Waals surface area contributed by atoms with Gasteiger partial charge < -0.3 is 9.84 Å². The van der Waals surface area contributed by atoms with E-state index in [2.05, 4.69) is 4.98 Å². The molecule has 6 rings (SSSR count). The van der Waals surface area contributed by atoms with Crippen LogP contribution in [-0.4, -0.2) is 38.4 Å². The quantitative estimate of drug-likeness (QED) is 0.405. The minimum absolute atomic E-state index is 0.149. The number of halogens is 2. The van der Waals surface area contributed by atoms with Gasteiger partial charge in [-0.3, -0.25) is 14.1 Å². The number of pyridine rings is 1. The SMILES string of the molecule is O=C(O)c1cc(F)cc(C2(n3c(=O)n(-c4ccc(C5CCOCC5)nc4)c4cc(Cl)ccc43)CC2)c1. The number of hydrogen-bond acceptors (Lipinski definition) is 4. The lowest BCUT2D eigenvalue weighted by molar-refractivity contribution is 0.0696. The van der Waals surface area contributed by atoms with E-state index in [0.29, 0.717) is 59.3 Å². The topological polar surface area (TPSA) is 86.3 Å². The molecule has 1 N–H and O–H groups in total. The highest BCUT2D eigenvalue weighted by Gasteiger charge is 2.49. The first-order chi connectivity index (χ1) is 17.4.